The molecular formula is C20H18FN3O3. The first-order valence-electron chi connectivity index (χ1n) is 8.46. The normalized spacial score (nSPS) is 15.2. The Morgan fingerprint density at radius 2 is 1.85 bits per heavy atom. The van der Waals surface area contributed by atoms with Crippen LogP contribution in [-0.4, -0.2) is 29.3 Å². The molecule has 138 valence electrons. The molecule has 0 unspecified atom stereocenters. The lowest BCUT2D eigenvalue weighted by atomic mass is 10.1. The number of anilines is 1. The van der Waals surface area contributed by atoms with E-state index in [1.54, 1.807) is 12.1 Å². The van der Waals surface area contributed by atoms with Crippen LogP contribution in [0.5, 0.6) is 0 Å². The molecule has 0 aliphatic carbocycles. The van der Waals surface area contributed by atoms with E-state index >= 15 is 0 Å². The zero-order valence-corrected chi connectivity index (χ0v) is 14.7. The molecule has 7 heteroatoms. The van der Waals surface area contributed by atoms with Crippen LogP contribution in [0.2, 0.25) is 0 Å². The van der Waals surface area contributed by atoms with Gasteiger partial charge in [-0.3, -0.25) is 9.59 Å². The molecule has 4 amide bonds. The molecule has 27 heavy (non-hydrogen) atoms. The number of carbonyl (C=O) groups is 3. The third-order valence-corrected chi connectivity index (χ3v) is 4.11. The van der Waals surface area contributed by atoms with Gasteiger partial charge >= 0.3 is 6.03 Å². The van der Waals surface area contributed by atoms with Gasteiger partial charge in [0.05, 0.1) is 5.69 Å². The lowest BCUT2D eigenvalue weighted by Gasteiger charge is -2.12. The first-order valence-corrected chi connectivity index (χ1v) is 8.46. The molecule has 0 spiro atoms. The smallest absolute Gasteiger partial charge is 0.322 e. The maximum Gasteiger partial charge on any atom is 0.329 e. The first-order chi connectivity index (χ1) is 13.0. The minimum atomic E-state index is -0.694. The zero-order chi connectivity index (χ0) is 19.4. The fourth-order valence-corrected chi connectivity index (χ4v) is 2.63. The third-order valence-electron chi connectivity index (χ3n) is 4.11. The molecule has 1 aliphatic rings. The lowest BCUT2D eigenvalue weighted by molar-refractivity contribution is -0.127. The Balaban J connectivity index is 1.69. The van der Waals surface area contributed by atoms with E-state index in [1.807, 2.05) is 31.2 Å². The number of para-hydroxylation sites is 1. The van der Waals surface area contributed by atoms with Crippen LogP contribution in [0.4, 0.5) is 14.9 Å². The number of hydrogen-bond acceptors (Lipinski definition) is 3. The van der Waals surface area contributed by atoms with Gasteiger partial charge in [0.1, 0.15) is 18.1 Å². The predicted molar refractivity (Wildman–Crippen MR) is 99.1 cm³/mol. The Hall–Kier alpha value is -3.48. The largest absolute Gasteiger partial charge is 0.329 e. The monoisotopic (exact) mass is 367 g/mol. The van der Waals surface area contributed by atoms with Gasteiger partial charge in [0, 0.05) is 0 Å². The molecule has 0 atom stereocenters. The summed E-state index contributed by atoms with van der Waals surface area (Å²) in [5.74, 6) is -1.88. The summed E-state index contributed by atoms with van der Waals surface area (Å²) in [7, 11) is 0. The summed E-state index contributed by atoms with van der Waals surface area (Å²) >= 11 is 0. The minimum absolute atomic E-state index is 0.0127. The molecule has 1 fully saturated rings. The minimum Gasteiger partial charge on any atom is -0.322 e. The second-order valence-corrected chi connectivity index (χ2v) is 6.00. The Morgan fingerprint density at radius 1 is 1.15 bits per heavy atom. The zero-order valence-electron chi connectivity index (χ0n) is 14.7. The highest BCUT2D eigenvalue weighted by atomic mass is 19.1. The summed E-state index contributed by atoms with van der Waals surface area (Å²) in [6.45, 7) is 1.53. The van der Waals surface area contributed by atoms with Crippen molar-refractivity contribution >= 4 is 29.6 Å². The van der Waals surface area contributed by atoms with Crippen LogP contribution < -0.4 is 10.6 Å². The van der Waals surface area contributed by atoms with Crippen LogP contribution in [0.1, 0.15) is 18.1 Å². The van der Waals surface area contributed by atoms with Gasteiger partial charge in [-0.15, -0.1) is 0 Å². The molecule has 0 bridgehead atoms. The van der Waals surface area contributed by atoms with E-state index in [4.69, 9.17) is 0 Å². The molecule has 2 aromatic carbocycles. The summed E-state index contributed by atoms with van der Waals surface area (Å²) < 4.78 is 13.6. The second kappa shape index (κ2) is 7.82. The summed E-state index contributed by atoms with van der Waals surface area (Å²) in [5.41, 5.74) is 1.99. The summed E-state index contributed by atoms with van der Waals surface area (Å²) in [5, 5.41) is 4.80. The van der Waals surface area contributed by atoms with Crippen molar-refractivity contribution in [1.29, 1.82) is 0 Å². The molecule has 2 aromatic rings. The molecule has 1 aliphatic heterocycles. The summed E-state index contributed by atoms with van der Waals surface area (Å²) in [6, 6.07) is 12.5. The Morgan fingerprint density at radius 3 is 2.52 bits per heavy atom. The maximum absolute atomic E-state index is 13.6. The van der Waals surface area contributed by atoms with Gasteiger partial charge in [0.15, 0.2) is 0 Å². The molecule has 1 heterocycles. The van der Waals surface area contributed by atoms with Crippen molar-refractivity contribution in [3.63, 3.8) is 0 Å². The van der Waals surface area contributed by atoms with Crippen LogP contribution in [0, 0.1) is 5.82 Å². The number of imide groups is 1. The van der Waals surface area contributed by atoms with Gasteiger partial charge in [-0.1, -0.05) is 43.3 Å². The number of nitrogens with zero attached hydrogens (tertiary/aromatic N) is 1. The van der Waals surface area contributed by atoms with Crippen molar-refractivity contribution < 1.29 is 18.8 Å². The fraction of sp³-hybridized carbons (Fsp3) is 0.150. The highest BCUT2D eigenvalue weighted by molar-refractivity contribution is 6.15. The van der Waals surface area contributed by atoms with Gasteiger partial charge in [0.2, 0.25) is 5.91 Å². The summed E-state index contributed by atoms with van der Waals surface area (Å²) in [4.78, 5) is 37.3. The van der Waals surface area contributed by atoms with E-state index < -0.39 is 30.2 Å². The molecule has 3 rings (SSSR count). The van der Waals surface area contributed by atoms with Crippen molar-refractivity contribution in [3.8, 4) is 0 Å². The van der Waals surface area contributed by atoms with Crippen LogP contribution in [0.3, 0.4) is 0 Å². The van der Waals surface area contributed by atoms with Crippen molar-refractivity contribution in [3.05, 3.63) is 71.2 Å². The molecule has 2 N–H and O–H groups in total. The van der Waals surface area contributed by atoms with Crippen molar-refractivity contribution in [1.82, 2.24) is 10.2 Å². The number of halogens is 1. The van der Waals surface area contributed by atoms with Crippen LogP contribution in [0.15, 0.2) is 54.2 Å². The molecule has 6 nitrogen and oxygen atoms in total. The van der Waals surface area contributed by atoms with Crippen molar-refractivity contribution in [2.45, 2.75) is 13.3 Å². The topological polar surface area (TPSA) is 78.5 Å². The van der Waals surface area contributed by atoms with E-state index in [0.29, 0.717) is 0 Å². The standard InChI is InChI=1S/C20H18FN3O3/c1-2-13-7-9-14(10-8-13)11-17-19(26)24(20(27)23-17)12-18(25)22-16-6-4-3-5-15(16)21/h3-11H,2,12H2,1H3,(H,22,25)(H,23,27)/b17-11+. The number of nitrogens with one attached hydrogen (secondary N) is 2. The van der Waals surface area contributed by atoms with E-state index in [1.165, 1.54) is 18.2 Å². The molecular weight excluding hydrogens is 349 g/mol. The number of carbonyl (C=O) groups excluding carboxylic acids is 3. The lowest BCUT2D eigenvalue weighted by Crippen LogP contribution is -2.38. The Bertz CT molecular complexity index is 922. The van der Waals surface area contributed by atoms with Crippen molar-refractivity contribution in [2.24, 2.45) is 0 Å². The average Bonchev–Trinajstić information content (AvgIpc) is 2.91. The number of urea groups is 1. The first kappa shape index (κ1) is 18.3. The Kier molecular flexibility index (Phi) is 5.30. The van der Waals surface area contributed by atoms with Gasteiger partial charge in [-0.25, -0.2) is 14.1 Å². The van der Waals surface area contributed by atoms with E-state index in [-0.39, 0.29) is 11.4 Å². The quantitative estimate of drug-likeness (QED) is 0.630. The highest BCUT2D eigenvalue weighted by Gasteiger charge is 2.34. The Labute approximate surface area is 155 Å². The molecule has 0 radical (unpaired) electrons. The van der Waals surface area contributed by atoms with Crippen LogP contribution in [0.25, 0.3) is 6.08 Å². The average molecular weight is 367 g/mol. The van der Waals surface area contributed by atoms with E-state index in [0.717, 1.165) is 22.4 Å². The summed E-state index contributed by atoms with van der Waals surface area (Å²) in [6.07, 6.45) is 2.45. The van der Waals surface area contributed by atoms with Crippen LogP contribution in [-0.2, 0) is 16.0 Å². The number of amides is 4. The highest BCUT2D eigenvalue weighted by Crippen LogP contribution is 2.16. The van der Waals surface area contributed by atoms with Gasteiger partial charge in [-0.2, -0.15) is 0 Å². The van der Waals surface area contributed by atoms with E-state index in [2.05, 4.69) is 10.6 Å². The number of hydrogen-bond donors (Lipinski definition) is 2. The van der Waals surface area contributed by atoms with Crippen LogP contribution >= 0.6 is 0 Å². The van der Waals surface area contributed by atoms with E-state index in [9.17, 15) is 18.8 Å². The van der Waals surface area contributed by atoms with Gasteiger partial charge in [-0.05, 0) is 35.8 Å². The fourth-order valence-electron chi connectivity index (χ4n) is 2.63. The van der Waals surface area contributed by atoms with Gasteiger partial charge in [0.25, 0.3) is 5.91 Å². The number of benzene rings is 2. The number of aryl methyl sites for hydroxylation is 1. The SMILES string of the molecule is CCc1ccc(/C=C2/NC(=O)N(CC(=O)Nc3ccccc3F)C2=O)cc1. The molecule has 1 saturated heterocycles. The second-order valence-electron chi connectivity index (χ2n) is 6.00. The van der Waals surface area contributed by atoms with Gasteiger partial charge < -0.3 is 10.6 Å². The van der Waals surface area contributed by atoms with Crippen molar-refractivity contribution in [2.75, 3.05) is 11.9 Å². The molecule has 0 saturated carbocycles. The molecule has 0 aromatic heterocycles. The maximum atomic E-state index is 13.6. The third kappa shape index (κ3) is 4.20. The number of rotatable bonds is 5. The predicted octanol–water partition coefficient (Wildman–Crippen LogP) is 2.92.